The van der Waals surface area contributed by atoms with Crippen molar-refractivity contribution in [3.63, 3.8) is 0 Å². The molecule has 2 aromatic rings. The number of methoxy groups -OCH3 is 3. The van der Waals surface area contributed by atoms with E-state index in [-0.39, 0.29) is 31.1 Å². The molecule has 1 aliphatic carbocycles. The van der Waals surface area contributed by atoms with E-state index < -0.39 is 23.7 Å². The van der Waals surface area contributed by atoms with Crippen LogP contribution in [0.1, 0.15) is 42.9 Å². The molecular formula is C25H27NO8. The van der Waals surface area contributed by atoms with E-state index in [0.29, 0.717) is 39.8 Å². The smallest absolute Gasteiger partial charge is 0.317 e. The van der Waals surface area contributed by atoms with E-state index in [2.05, 4.69) is 5.32 Å². The molecule has 34 heavy (non-hydrogen) atoms. The van der Waals surface area contributed by atoms with E-state index >= 15 is 0 Å². The number of ether oxygens (including phenoxy) is 4. The van der Waals surface area contributed by atoms with Crippen molar-refractivity contribution >= 4 is 17.7 Å². The highest BCUT2D eigenvalue weighted by atomic mass is 16.5. The average Bonchev–Trinajstić information content (AvgIpc) is 3.37. The van der Waals surface area contributed by atoms with Crippen molar-refractivity contribution in [2.24, 2.45) is 5.92 Å². The third-order valence-corrected chi connectivity index (χ3v) is 6.27. The predicted molar refractivity (Wildman–Crippen MR) is 120 cm³/mol. The summed E-state index contributed by atoms with van der Waals surface area (Å²) in [4.78, 5) is 39.5. The van der Waals surface area contributed by atoms with Crippen LogP contribution in [0.4, 0.5) is 0 Å². The van der Waals surface area contributed by atoms with Gasteiger partial charge in [-0.2, -0.15) is 0 Å². The first-order valence-electron chi connectivity index (χ1n) is 11.0. The lowest BCUT2D eigenvalue weighted by molar-refractivity contribution is -0.152. The standard InChI is InChI=1S/C25H27NO8/c1-5-33-25(29)22-15(17-7-6-8-34-17)11-16-21(23(22)28)14(12-20(27)26-16)13-9-18(30-2)24(32-4)19(10-13)31-3/h6-10,14-15,22H,5,11-12H2,1-4H3,(H,26,27)/t14-,15-,22-/m1/s1. The summed E-state index contributed by atoms with van der Waals surface area (Å²) in [5, 5.41) is 2.85. The Balaban J connectivity index is 1.85. The second kappa shape index (κ2) is 9.62. The van der Waals surface area contributed by atoms with Crippen LogP contribution in [0.2, 0.25) is 0 Å². The average molecular weight is 469 g/mol. The Morgan fingerprint density at radius 2 is 1.79 bits per heavy atom. The number of carbonyl (C=O) groups excluding carboxylic acids is 3. The van der Waals surface area contributed by atoms with Crippen LogP contribution in [0.25, 0.3) is 0 Å². The molecule has 9 nitrogen and oxygen atoms in total. The second-order valence-electron chi connectivity index (χ2n) is 8.08. The molecule has 0 fully saturated rings. The van der Waals surface area contributed by atoms with Crippen molar-refractivity contribution in [1.82, 2.24) is 5.32 Å². The third kappa shape index (κ3) is 4.02. The number of ketones is 1. The number of carbonyl (C=O) groups is 3. The lowest BCUT2D eigenvalue weighted by Crippen LogP contribution is -2.44. The van der Waals surface area contributed by atoms with E-state index in [1.165, 1.54) is 27.6 Å². The Morgan fingerprint density at radius 3 is 2.35 bits per heavy atom. The quantitative estimate of drug-likeness (QED) is 0.486. The van der Waals surface area contributed by atoms with Crippen LogP contribution in [0, 0.1) is 5.92 Å². The summed E-state index contributed by atoms with van der Waals surface area (Å²) in [6.45, 7) is 1.84. The fraction of sp³-hybridized carbons (Fsp3) is 0.400. The highest BCUT2D eigenvalue weighted by Gasteiger charge is 2.48. The van der Waals surface area contributed by atoms with Gasteiger partial charge in [0.05, 0.1) is 34.2 Å². The number of amides is 1. The van der Waals surface area contributed by atoms with Crippen LogP contribution in [0.5, 0.6) is 17.2 Å². The van der Waals surface area contributed by atoms with Gasteiger partial charge in [-0.15, -0.1) is 0 Å². The molecule has 3 atom stereocenters. The van der Waals surface area contributed by atoms with Gasteiger partial charge in [-0.25, -0.2) is 0 Å². The molecular weight excluding hydrogens is 442 g/mol. The molecule has 1 amide bonds. The summed E-state index contributed by atoms with van der Waals surface area (Å²) in [5.41, 5.74) is 1.51. The maximum absolute atomic E-state index is 13.9. The van der Waals surface area contributed by atoms with Crippen LogP contribution in [0.15, 0.2) is 46.2 Å². The first kappa shape index (κ1) is 23.4. The number of nitrogens with one attached hydrogen (secondary N) is 1. The second-order valence-corrected chi connectivity index (χ2v) is 8.08. The summed E-state index contributed by atoms with van der Waals surface area (Å²) in [7, 11) is 4.49. The lowest BCUT2D eigenvalue weighted by atomic mass is 9.69. The Kier molecular flexibility index (Phi) is 6.63. The van der Waals surface area contributed by atoms with Crippen molar-refractivity contribution < 1.29 is 37.7 Å². The van der Waals surface area contributed by atoms with E-state index in [1.54, 1.807) is 31.2 Å². The number of benzene rings is 1. The SMILES string of the molecule is CCOC(=O)[C@H]1C(=O)C2=C(C[C@@H]1c1ccco1)NC(=O)C[C@@H]2c1cc(OC)c(OC)c(OC)c1. The zero-order chi connectivity index (χ0) is 24.4. The molecule has 0 saturated carbocycles. The summed E-state index contributed by atoms with van der Waals surface area (Å²) >= 11 is 0. The minimum Gasteiger partial charge on any atom is -0.493 e. The largest absolute Gasteiger partial charge is 0.493 e. The Labute approximate surface area is 197 Å². The molecule has 2 aliphatic rings. The molecule has 0 spiro atoms. The minimum absolute atomic E-state index is 0.0319. The van der Waals surface area contributed by atoms with Gasteiger partial charge in [0.25, 0.3) is 0 Å². The molecule has 4 rings (SSSR count). The Morgan fingerprint density at radius 1 is 1.09 bits per heavy atom. The zero-order valence-electron chi connectivity index (χ0n) is 19.5. The van der Waals surface area contributed by atoms with Crippen molar-refractivity contribution in [2.45, 2.75) is 31.6 Å². The van der Waals surface area contributed by atoms with E-state index in [9.17, 15) is 14.4 Å². The van der Waals surface area contributed by atoms with E-state index in [1.807, 2.05) is 0 Å². The van der Waals surface area contributed by atoms with Gasteiger partial charge in [-0.1, -0.05) is 0 Å². The molecule has 180 valence electrons. The normalized spacial score (nSPS) is 22.1. The van der Waals surface area contributed by atoms with Crippen LogP contribution >= 0.6 is 0 Å². The fourth-order valence-corrected chi connectivity index (χ4v) is 4.81. The fourth-order valence-electron chi connectivity index (χ4n) is 4.81. The van der Waals surface area contributed by atoms with Gasteiger partial charge in [0.1, 0.15) is 11.7 Å². The van der Waals surface area contributed by atoms with E-state index in [4.69, 9.17) is 23.4 Å². The molecule has 1 aliphatic heterocycles. The number of furan rings is 1. The summed E-state index contributed by atoms with van der Waals surface area (Å²) in [6, 6.07) is 6.86. The number of esters is 1. The van der Waals surface area contributed by atoms with Crippen LogP contribution < -0.4 is 19.5 Å². The van der Waals surface area contributed by atoms with Gasteiger partial charge >= 0.3 is 5.97 Å². The van der Waals surface area contributed by atoms with Crippen LogP contribution in [-0.4, -0.2) is 45.6 Å². The highest BCUT2D eigenvalue weighted by molar-refractivity contribution is 6.12. The van der Waals surface area contributed by atoms with Crippen molar-refractivity contribution in [1.29, 1.82) is 0 Å². The number of allylic oxidation sites excluding steroid dienone is 2. The van der Waals surface area contributed by atoms with Gasteiger partial charge in [0.2, 0.25) is 11.7 Å². The molecule has 0 bridgehead atoms. The topological polar surface area (TPSA) is 113 Å². The number of hydrogen-bond donors (Lipinski definition) is 1. The van der Waals surface area contributed by atoms with Crippen molar-refractivity contribution in [3.05, 3.63) is 53.1 Å². The Bertz CT molecular complexity index is 1110. The van der Waals surface area contributed by atoms with Gasteiger partial charge in [0, 0.05) is 29.5 Å². The number of Topliss-reactive ketones (excluding diaryl/α,β-unsaturated/α-hetero) is 1. The third-order valence-electron chi connectivity index (χ3n) is 6.27. The zero-order valence-corrected chi connectivity index (χ0v) is 19.5. The monoisotopic (exact) mass is 469 g/mol. The maximum Gasteiger partial charge on any atom is 0.317 e. The summed E-state index contributed by atoms with van der Waals surface area (Å²) < 4.78 is 27.1. The van der Waals surface area contributed by atoms with Gasteiger partial charge in [0.15, 0.2) is 17.3 Å². The molecule has 1 aromatic heterocycles. The van der Waals surface area contributed by atoms with Gasteiger partial charge < -0.3 is 28.7 Å². The first-order valence-corrected chi connectivity index (χ1v) is 11.0. The van der Waals surface area contributed by atoms with Gasteiger partial charge in [-0.3, -0.25) is 14.4 Å². The Hall–Kier alpha value is -3.75. The highest BCUT2D eigenvalue weighted by Crippen LogP contribution is 2.48. The molecule has 0 radical (unpaired) electrons. The molecule has 2 heterocycles. The molecule has 1 aromatic carbocycles. The van der Waals surface area contributed by atoms with Crippen LogP contribution in [0.3, 0.4) is 0 Å². The molecule has 1 N–H and O–H groups in total. The molecule has 9 heteroatoms. The number of hydrogen-bond acceptors (Lipinski definition) is 8. The van der Waals surface area contributed by atoms with Gasteiger partial charge in [-0.05, 0) is 43.2 Å². The maximum atomic E-state index is 13.9. The summed E-state index contributed by atoms with van der Waals surface area (Å²) in [6.07, 6.45) is 1.78. The lowest BCUT2D eigenvalue weighted by Gasteiger charge is -2.37. The van der Waals surface area contributed by atoms with E-state index in [0.717, 1.165) is 0 Å². The minimum atomic E-state index is -1.08. The molecule has 0 saturated heterocycles. The van der Waals surface area contributed by atoms with Crippen molar-refractivity contribution in [2.75, 3.05) is 27.9 Å². The van der Waals surface area contributed by atoms with Crippen LogP contribution in [-0.2, 0) is 19.1 Å². The summed E-state index contributed by atoms with van der Waals surface area (Å²) in [5.74, 6) is -1.78. The van der Waals surface area contributed by atoms with Crippen molar-refractivity contribution in [3.8, 4) is 17.2 Å². The number of rotatable bonds is 7. The predicted octanol–water partition coefficient (Wildman–Crippen LogP) is 3.10. The molecule has 0 unspecified atom stereocenters. The first-order chi connectivity index (χ1) is 16.4.